The van der Waals surface area contributed by atoms with Crippen molar-refractivity contribution in [1.29, 1.82) is 0 Å². The van der Waals surface area contributed by atoms with E-state index in [1.165, 1.54) is 6.07 Å². The van der Waals surface area contributed by atoms with Crippen LogP contribution in [0.15, 0.2) is 34.9 Å². The van der Waals surface area contributed by atoms with Gasteiger partial charge >= 0.3 is 0 Å². The first-order valence-electron chi connectivity index (χ1n) is 6.33. The fourth-order valence-corrected chi connectivity index (χ4v) is 2.27. The number of furan rings is 1. The lowest BCUT2D eigenvalue weighted by Crippen LogP contribution is -2.23. The maximum atomic E-state index is 13.5. The Hall–Kier alpha value is -1.32. The summed E-state index contributed by atoms with van der Waals surface area (Å²) in [7, 11) is 0. The number of aryl methyl sites for hydroxylation is 1. The topological polar surface area (TPSA) is 25.2 Å². The van der Waals surface area contributed by atoms with Crippen molar-refractivity contribution in [2.24, 2.45) is 0 Å². The Morgan fingerprint density at radius 2 is 2.16 bits per heavy atom. The van der Waals surface area contributed by atoms with E-state index in [1.54, 1.807) is 12.3 Å². The number of nitrogens with one attached hydrogen (secondary N) is 1. The molecule has 0 amide bonds. The van der Waals surface area contributed by atoms with E-state index in [2.05, 4.69) is 5.32 Å². The first kappa shape index (κ1) is 14.1. The molecule has 1 heterocycles. The Balaban J connectivity index is 2.21. The molecule has 19 heavy (non-hydrogen) atoms. The van der Waals surface area contributed by atoms with Gasteiger partial charge in [0.25, 0.3) is 0 Å². The zero-order valence-electron chi connectivity index (χ0n) is 11.0. The molecule has 0 aliphatic heterocycles. The summed E-state index contributed by atoms with van der Waals surface area (Å²) in [6.07, 6.45) is 2.34. The Morgan fingerprint density at radius 1 is 1.37 bits per heavy atom. The number of hydrogen-bond donors (Lipinski definition) is 1. The maximum absolute atomic E-state index is 13.5. The van der Waals surface area contributed by atoms with Gasteiger partial charge in [0.1, 0.15) is 11.6 Å². The molecule has 2 nitrogen and oxygen atoms in total. The Bertz CT molecular complexity index is 553. The summed E-state index contributed by atoms with van der Waals surface area (Å²) in [5.74, 6) is 0.516. The van der Waals surface area contributed by atoms with Crippen molar-refractivity contribution in [3.8, 4) is 0 Å². The molecule has 0 aliphatic rings. The summed E-state index contributed by atoms with van der Waals surface area (Å²) in [6, 6.07) is 6.88. The molecule has 0 bridgehead atoms. The van der Waals surface area contributed by atoms with Gasteiger partial charge in [-0.2, -0.15) is 0 Å². The van der Waals surface area contributed by atoms with Crippen molar-refractivity contribution in [2.45, 2.75) is 26.3 Å². The molecule has 2 aromatic rings. The molecule has 0 radical (unpaired) electrons. The van der Waals surface area contributed by atoms with Gasteiger partial charge in [-0.3, -0.25) is 0 Å². The van der Waals surface area contributed by atoms with E-state index in [1.807, 2.05) is 26.0 Å². The van der Waals surface area contributed by atoms with Gasteiger partial charge in [0.05, 0.1) is 17.3 Å². The lowest BCUT2D eigenvalue weighted by molar-refractivity contribution is 0.413. The molecular formula is C15H17ClFNO. The number of benzene rings is 1. The van der Waals surface area contributed by atoms with E-state index >= 15 is 0 Å². The van der Waals surface area contributed by atoms with Gasteiger partial charge in [0.15, 0.2) is 0 Å². The van der Waals surface area contributed by atoms with Crippen LogP contribution in [0, 0.1) is 12.7 Å². The van der Waals surface area contributed by atoms with Gasteiger partial charge < -0.3 is 9.73 Å². The molecule has 0 spiro atoms. The highest BCUT2D eigenvalue weighted by Gasteiger charge is 2.17. The molecule has 2 rings (SSSR count). The van der Waals surface area contributed by atoms with E-state index in [-0.39, 0.29) is 16.9 Å². The molecule has 1 N–H and O–H groups in total. The van der Waals surface area contributed by atoms with Crippen molar-refractivity contribution in [1.82, 2.24) is 5.32 Å². The Morgan fingerprint density at radius 3 is 2.74 bits per heavy atom. The summed E-state index contributed by atoms with van der Waals surface area (Å²) in [4.78, 5) is 0. The van der Waals surface area contributed by atoms with E-state index in [9.17, 15) is 4.39 Å². The Labute approximate surface area is 117 Å². The summed E-state index contributed by atoms with van der Waals surface area (Å²) in [5, 5.41) is 3.51. The molecular weight excluding hydrogens is 265 g/mol. The predicted octanol–water partition coefficient (Wildman–Crippen LogP) is 4.27. The average Bonchev–Trinajstić information content (AvgIpc) is 2.79. The van der Waals surface area contributed by atoms with Crippen molar-refractivity contribution >= 4 is 11.6 Å². The first-order chi connectivity index (χ1) is 9.11. The van der Waals surface area contributed by atoms with Crippen LogP contribution in [0.3, 0.4) is 0 Å². The smallest absolute Gasteiger partial charge is 0.142 e. The SMILES string of the molecule is CCNC(Cc1ccc(Cl)c(F)c1)c1occc1C. The van der Waals surface area contributed by atoms with Crippen LogP contribution in [0.4, 0.5) is 4.39 Å². The second kappa shape index (κ2) is 6.22. The lowest BCUT2D eigenvalue weighted by Gasteiger charge is -2.17. The number of likely N-dealkylation sites (N-methyl/N-ethyl adjacent to an activating group) is 1. The van der Waals surface area contributed by atoms with Crippen molar-refractivity contribution in [2.75, 3.05) is 6.54 Å². The second-order valence-corrected chi connectivity index (χ2v) is 4.94. The van der Waals surface area contributed by atoms with Crippen LogP contribution < -0.4 is 5.32 Å². The van der Waals surface area contributed by atoms with Gasteiger partial charge in [-0.25, -0.2) is 4.39 Å². The van der Waals surface area contributed by atoms with Crippen LogP contribution in [0.2, 0.25) is 5.02 Å². The highest BCUT2D eigenvalue weighted by molar-refractivity contribution is 6.30. The summed E-state index contributed by atoms with van der Waals surface area (Å²) in [6.45, 7) is 4.86. The fraction of sp³-hybridized carbons (Fsp3) is 0.333. The van der Waals surface area contributed by atoms with Gasteiger partial charge in [-0.05, 0) is 49.2 Å². The Kier molecular flexibility index (Phi) is 4.61. The zero-order valence-corrected chi connectivity index (χ0v) is 11.8. The third kappa shape index (κ3) is 3.37. The highest BCUT2D eigenvalue weighted by atomic mass is 35.5. The molecule has 1 aromatic heterocycles. The van der Waals surface area contributed by atoms with E-state index < -0.39 is 0 Å². The van der Waals surface area contributed by atoms with E-state index in [0.717, 1.165) is 23.4 Å². The third-order valence-electron chi connectivity index (χ3n) is 3.09. The van der Waals surface area contributed by atoms with Crippen molar-refractivity contribution < 1.29 is 8.81 Å². The largest absolute Gasteiger partial charge is 0.467 e. The van der Waals surface area contributed by atoms with Crippen LogP contribution in [-0.4, -0.2) is 6.54 Å². The molecule has 0 aliphatic carbocycles. The van der Waals surface area contributed by atoms with Crippen LogP contribution in [-0.2, 0) is 6.42 Å². The minimum atomic E-state index is -0.384. The molecule has 1 aromatic carbocycles. The zero-order chi connectivity index (χ0) is 13.8. The molecule has 102 valence electrons. The third-order valence-corrected chi connectivity index (χ3v) is 3.40. The average molecular weight is 282 g/mol. The minimum Gasteiger partial charge on any atom is -0.467 e. The molecule has 1 atom stereocenters. The number of hydrogen-bond acceptors (Lipinski definition) is 2. The number of rotatable bonds is 5. The predicted molar refractivity (Wildman–Crippen MR) is 75.0 cm³/mol. The summed E-state index contributed by atoms with van der Waals surface area (Å²) < 4.78 is 19.0. The summed E-state index contributed by atoms with van der Waals surface area (Å²) in [5.41, 5.74) is 1.99. The minimum absolute atomic E-state index is 0.0422. The van der Waals surface area contributed by atoms with Gasteiger partial charge in [-0.15, -0.1) is 0 Å². The normalized spacial score (nSPS) is 12.6. The highest BCUT2D eigenvalue weighted by Crippen LogP contribution is 2.24. The molecule has 4 heteroatoms. The number of halogens is 2. The van der Waals surface area contributed by atoms with Crippen LogP contribution in [0.1, 0.15) is 29.9 Å². The fourth-order valence-electron chi connectivity index (χ4n) is 2.15. The first-order valence-corrected chi connectivity index (χ1v) is 6.71. The van der Waals surface area contributed by atoms with Crippen molar-refractivity contribution in [3.63, 3.8) is 0 Å². The second-order valence-electron chi connectivity index (χ2n) is 4.53. The molecule has 0 fully saturated rings. The van der Waals surface area contributed by atoms with Crippen LogP contribution in [0.5, 0.6) is 0 Å². The van der Waals surface area contributed by atoms with Gasteiger partial charge in [0.2, 0.25) is 0 Å². The molecule has 1 unspecified atom stereocenters. The van der Waals surface area contributed by atoms with Gasteiger partial charge in [0, 0.05) is 0 Å². The van der Waals surface area contributed by atoms with E-state index in [4.69, 9.17) is 16.0 Å². The van der Waals surface area contributed by atoms with Gasteiger partial charge in [-0.1, -0.05) is 24.6 Å². The van der Waals surface area contributed by atoms with Crippen LogP contribution >= 0.6 is 11.6 Å². The quantitative estimate of drug-likeness (QED) is 0.885. The summed E-state index contributed by atoms with van der Waals surface area (Å²) >= 11 is 5.69. The lowest BCUT2D eigenvalue weighted by atomic mass is 10.0. The monoisotopic (exact) mass is 281 g/mol. The molecule has 0 saturated heterocycles. The van der Waals surface area contributed by atoms with Crippen LogP contribution in [0.25, 0.3) is 0 Å². The molecule has 0 saturated carbocycles. The van der Waals surface area contributed by atoms with E-state index in [0.29, 0.717) is 6.42 Å². The standard InChI is InChI=1S/C15H17ClFNO/c1-3-18-14(15-10(2)6-7-19-15)9-11-4-5-12(16)13(17)8-11/h4-8,14,18H,3,9H2,1-2H3. The maximum Gasteiger partial charge on any atom is 0.142 e. The van der Waals surface area contributed by atoms with Crippen molar-refractivity contribution in [3.05, 3.63) is 58.3 Å².